The zero-order valence-electron chi connectivity index (χ0n) is 16.4. The van der Waals surface area contributed by atoms with Crippen LogP contribution in [0.3, 0.4) is 0 Å². The van der Waals surface area contributed by atoms with E-state index in [9.17, 15) is 0 Å². The maximum absolute atomic E-state index is 4.65. The zero-order chi connectivity index (χ0) is 18.5. The number of aromatic nitrogens is 2. The molecule has 0 bridgehead atoms. The fraction of sp³-hybridized carbons (Fsp3) is 0.500. The standard InChI is InChI=1S/C20H31N5S.HI/c1-3-21-20(23-12-7-8-16-26-2)24-13-11-19-22-14-15-25(19)17-18-9-5-4-6-10-18;/h4-6,9-10,14-15H,3,7-8,11-13,16-17H2,1-2H3,(H2,21,23,24);1H. The van der Waals surface area contributed by atoms with Crippen molar-refractivity contribution >= 4 is 41.7 Å². The van der Waals surface area contributed by atoms with Crippen molar-refractivity contribution in [2.75, 3.05) is 31.6 Å². The molecule has 0 amide bonds. The summed E-state index contributed by atoms with van der Waals surface area (Å²) in [6, 6.07) is 10.5. The summed E-state index contributed by atoms with van der Waals surface area (Å²) in [5.41, 5.74) is 1.29. The normalized spacial score (nSPS) is 11.1. The van der Waals surface area contributed by atoms with E-state index in [0.29, 0.717) is 0 Å². The number of unbranched alkanes of at least 4 members (excludes halogenated alkanes) is 1. The first kappa shape index (κ1) is 23.8. The predicted octanol–water partition coefficient (Wildman–Crippen LogP) is 3.79. The van der Waals surface area contributed by atoms with Gasteiger partial charge in [-0.15, -0.1) is 24.0 Å². The topological polar surface area (TPSA) is 54.2 Å². The Morgan fingerprint density at radius 3 is 2.74 bits per heavy atom. The second-order valence-electron chi connectivity index (χ2n) is 6.09. The molecule has 0 unspecified atom stereocenters. The predicted molar refractivity (Wildman–Crippen MR) is 128 cm³/mol. The summed E-state index contributed by atoms with van der Waals surface area (Å²) in [4.78, 5) is 9.16. The molecule has 0 aliphatic carbocycles. The maximum Gasteiger partial charge on any atom is 0.191 e. The number of hydrogen-bond acceptors (Lipinski definition) is 3. The van der Waals surface area contributed by atoms with Crippen LogP contribution in [0.1, 0.15) is 31.2 Å². The van der Waals surface area contributed by atoms with Crippen molar-refractivity contribution in [3.63, 3.8) is 0 Å². The largest absolute Gasteiger partial charge is 0.357 e. The molecule has 2 N–H and O–H groups in total. The molecular formula is C20H32IN5S. The Hall–Kier alpha value is -1.22. The molecule has 150 valence electrons. The van der Waals surface area contributed by atoms with Gasteiger partial charge in [0.1, 0.15) is 5.82 Å². The van der Waals surface area contributed by atoms with Crippen LogP contribution in [0.5, 0.6) is 0 Å². The SMILES string of the molecule is CCNC(=NCCCCSC)NCCc1nccn1Cc1ccccc1.I. The molecule has 0 spiro atoms. The highest BCUT2D eigenvalue weighted by Gasteiger charge is 2.04. The fourth-order valence-electron chi connectivity index (χ4n) is 2.68. The second kappa shape index (κ2) is 14.8. The van der Waals surface area contributed by atoms with Crippen LogP contribution in [0.2, 0.25) is 0 Å². The number of imidazole rings is 1. The highest BCUT2D eigenvalue weighted by molar-refractivity contribution is 14.0. The van der Waals surface area contributed by atoms with Crippen LogP contribution in [0.4, 0.5) is 0 Å². The molecule has 0 saturated carbocycles. The minimum atomic E-state index is 0. The van der Waals surface area contributed by atoms with E-state index in [1.807, 2.05) is 30.2 Å². The number of thioether (sulfide) groups is 1. The molecule has 2 aromatic rings. The highest BCUT2D eigenvalue weighted by Crippen LogP contribution is 2.06. The van der Waals surface area contributed by atoms with E-state index in [0.717, 1.165) is 50.8 Å². The molecule has 1 heterocycles. The summed E-state index contributed by atoms with van der Waals surface area (Å²) in [6.45, 7) is 5.53. The van der Waals surface area contributed by atoms with Gasteiger partial charge >= 0.3 is 0 Å². The third kappa shape index (κ3) is 9.51. The molecule has 1 aromatic carbocycles. The molecular weight excluding hydrogens is 469 g/mol. The first-order valence-electron chi connectivity index (χ1n) is 9.38. The quantitative estimate of drug-likeness (QED) is 0.213. The monoisotopic (exact) mass is 501 g/mol. The molecule has 2 rings (SSSR count). The smallest absolute Gasteiger partial charge is 0.191 e. The summed E-state index contributed by atoms with van der Waals surface area (Å²) in [6.07, 6.45) is 9.31. The summed E-state index contributed by atoms with van der Waals surface area (Å²) in [7, 11) is 0. The number of nitrogens with one attached hydrogen (secondary N) is 2. The van der Waals surface area contributed by atoms with Gasteiger partial charge < -0.3 is 15.2 Å². The Morgan fingerprint density at radius 1 is 1.19 bits per heavy atom. The lowest BCUT2D eigenvalue weighted by Gasteiger charge is -2.12. The molecule has 0 atom stereocenters. The molecule has 0 aliphatic heterocycles. The number of hydrogen-bond donors (Lipinski definition) is 2. The van der Waals surface area contributed by atoms with Crippen LogP contribution >= 0.6 is 35.7 Å². The van der Waals surface area contributed by atoms with Crippen molar-refractivity contribution in [3.05, 3.63) is 54.1 Å². The van der Waals surface area contributed by atoms with Crippen LogP contribution in [-0.2, 0) is 13.0 Å². The Labute approximate surface area is 184 Å². The lowest BCUT2D eigenvalue weighted by molar-refractivity contribution is 0.693. The fourth-order valence-corrected chi connectivity index (χ4v) is 3.17. The van der Waals surface area contributed by atoms with Gasteiger partial charge in [0.15, 0.2) is 5.96 Å². The van der Waals surface area contributed by atoms with Crippen molar-refractivity contribution in [2.45, 2.75) is 32.7 Å². The molecule has 0 saturated heterocycles. The Balaban J connectivity index is 0.00000364. The van der Waals surface area contributed by atoms with Crippen molar-refractivity contribution in [3.8, 4) is 0 Å². The summed E-state index contributed by atoms with van der Waals surface area (Å²) in [5, 5.41) is 6.74. The van der Waals surface area contributed by atoms with Gasteiger partial charge in [0.05, 0.1) is 0 Å². The van der Waals surface area contributed by atoms with E-state index in [4.69, 9.17) is 0 Å². The minimum Gasteiger partial charge on any atom is -0.357 e. The van der Waals surface area contributed by atoms with E-state index in [-0.39, 0.29) is 24.0 Å². The van der Waals surface area contributed by atoms with Crippen molar-refractivity contribution < 1.29 is 0 Å². The average Bonchev–Trinajstić information content (AvgIpc) is 3.09. The Kier molecular flexibility index (Phi) is 13.0. The van der Waals surface area contributed by atoms with E-state index < -0.39 is 0 Å². The Morgan fingerprint density at radius 2 is 2.00 bits per heavy atom. The van der Waals surface area contributed by atoms with Gasteiger partial charge in [-0.2, -0.15) is 11.8 Å². The van der Waals surface area contributed by atoms with Crippen molar-refractivity contribution in [1.82, 2.24) is 20.2 Å². The van der Waals surface area contributed by atoms with E-state index >= 15 is 0 Å². The van der Waals surface area contributed by atoms with Gasteiger partial charge in [-0.3, -0.25) is 4.99 Å². The molecule has 27 heavy (non-hydrogen) atoms. The third-order valence-electron chi connectivity index (χ3n) is 4.01. The van der Waals surface area contributed by atoms with Gasteiger partial charge in [0, 0.05) is 45.0 Å². The summed E-state index contributed by atoms with van der Waals surface area (Å²) >= 11 is 1.90. The van der Waals surface area contributed by atoms with E-state index in [1.54, 1.807) is 0 Å². The van der Waals surface area contributed by atoms with Crippen LogP contribution in [-0.4, -0.2) is 47.2 Å². The van der Waals surface area contributed by atoms with Crippen LogP contribution in [0.25, 0.3) is 0 Å². The lowest BCUT2D eigenvalue weighted by Crippen LogP contribution is -2.38. The van der Waals surface area contributed by atoms with Gasteiger partial charge in [-0.25, -0.2) is 4.98 Å². The van der Waals surface area contributed by atoms with Gasteiger partial charge in [0.2, 0.25) is 0 Å². The average molecular weight is 501 g/mol. The lowest BCUT2D eigenvalue weighted by atomic mass is 10.2. The number of rotatable bonds is 11. The highest BCUT2D eigenvalue weighted by atomic mass is 127. The van der Waals surface area contributed by atoms with Gasteiger partial charge in [0.25, 0.3) is 0 Å². The van der Waals surface area contributed by atoms with E-state index in [1.165, 1.54) is 17.7 Å². The Bertz CT molecular complexity index is 645. The number of nitrogens with zero attached hydrogens (tertiary/aromatic N) is 3. The summed E-state index contributed by atoms with van der Waals surface area (Å²) < 4.78 is 2.21. The molecule has 5 nitrogen and oxygen atoms in total. The molecule has 1 aromatic heterocycles. The number of aliphatic imine (C=N–C) groups is 1. The van der Waals surface area contributed by atoms with Gasteiger partial charge in [-0.1, -0.05) is 30.3 Å². The van der Waals surface area contributed by atoms with Crippen LogP contribution in [0, 0.1) is 0 Å². The minimum absolute atomic E-state index is 0. The molecule has 7 heteroatoms. The van der Waals surface area contributed by atoms with Gasteiger partial charge in [-0.05, 0) is 37.3 Å². The second-order valence-corrected chi connectivity index (χ2v) is 7.08. The molecule has 0 fully saturated rings. The van der Waals surface area contributed by atoms with Crippen LogP contribution < -0.4 is 10.6 Å². The third-order valence-corrected chi connectivity index (χ3v) is 4.71. The van der Waals surface area contributed by atoms with Crippen LogP contribution in [0.15, 0.2) is 47.7 Å². The van der Waals surface area contributed by atoms with E-state index in [2.05, 4.69) is 62.6 Å². The van der Waals surface area contributed by atoms with Crippen molar-refractivity contribution in [1.29, 1.82) is 0 Å². The number of halogens is 1. The molecule has 0 radical (unpaired) electrons. The number of guanidine groups is 1. The van der Waals surface area contributed by atoms with Crippen molar-refractivity contribution in [2.24, 2.45) is 4.99 Å². The summed E-state index contributed by atoms with van der Waals surface area (Å²) in [5.74, 6) is 3.21. The number of benzene rings is 1. The first-order valence-corrected chi connectivity index (χ1v) is 10.8. The first-order chi connectivity index (χ1) is 12.8. The molecule has 0 aliphatic rings. The maximum atomic E-state index is 4.65. The zero-order valence-corrected chi connectivity index (χ0v) is 19.5.